The maximum atomic E-state index is 12.7. The molecule has 1 aromatic heterocycles. The van der Waals surface area contributed by atoms with Crippen LogP contribution in [0.1, 0.15) is 30.1 Å². The van der Waals surface area contributed by atoms with Crippen molar-refractivity contribution in [1.82, 2.24) is 20.4 Å². The minimum atomic E-state index is -0.252. The number of rotatable bonds is 6. The van der Waals surface area contributed by atoms with E-state index in [4.69, 9.17) is 11.6 Å². The van der Waals surface area contributed by atoms with E-state index in [1.807, 2.05) is 36.4 Å². The molecule has 4 rings (SSSR count). The summed E-state index contributed by atoms with van der Waals surface area (Å²) in [6.45, 7) is 2.47. The molecule has 0 radical (unpaired) electrons. The van der Waals surface area contributed by atoms with Gasteiger partial charge in [-0.25, -0.2) is 5.10 Å². The van der Waals surface area contributed by atoms with E-state index in [-0.39, 0.29) is 23.9 Å². The molecule has 2 heterocycles. The van der Waals surface area contributed by atoms with E-state index < -0.39 is 0 Å². The fraction of sp³-hybridized carbons (Fsp3) is 0.318. The summed E-state index contributed by atoms with van der Waals surface area (Å²) < 4.78 is 0. The van der Waals surface area contributed by atoms with Gasteiger partial charge in [0.2, 0.25) is 5.91 Å². The second kappa shape index (κ2) is 8.76. The number of halogens is 1. The number of carbonyl (C=O) groups excluding carboxylic acids is 1. The molecule has 0 saturated carbocycles. The molecule has 6 nitrogen and oxygen atoms in total. The molecule has 1 aliphatic heterocycles. The number of aromatic nitrogens is 2. The molecule has 0 bridgehead atoms. The summed E-state index contributed by atoms with van der Waals surface area (Å²) in [4.78, 5) is 27.0. The monoisotopic (exact) mass is 410 g/mol. The van der Waals surface area contributed by atoms with E-state index in [0.717, 1.165) is 31.5 Å². The number of H-pyrrole nitrogens is 1. The second-order valence-corrected chi connectivity index (χ2v) is 7.71. The standard InChI is InChI=1S/C22H23ClN4O2/c23-18-10-4-3-9-17(18)20(27-11-5-6-12-27)14-24-21(28)13-19-15-7-1-2-8-16(15)22(29)26-25-19/h1-4,7-10,20H,5-6,11-14H2,(H,24,28)(H,26,29)/t20-/m1/s1. The molecule has 2 N–H and O–H groups in total. The van der Waals surface area contributed by atoms with Gasteiger partial charge in [-0.3, -0.25) is 14.5 Å². The first-order chi connectivity index (χ1) is 14.1. The zero-order chi connectivity index (χ0) is 20.2. The molecule has 7 heteroatoms. The predicted molar refractivity (Wildman–Crippen MR) is 114 cm³/mol. The molecule has 150 valence electrons. The van der Waals surface area contributed by atoms with E-state index in [2.05, 4.69) is 20.4 Å². The molecule has 0 aliphatic carbocycles. The van der Waals surface area contributed by atoms with Crippen LogP contribution < -0.4 is 10.9 Å². The van der Waals surface area contributed by atoms with Gasteiger partial charge >= 0.3 is 0 Å². The molecular weight excluding hydrogens is 388 g/mol. The summed E-state index contributed by atoms with van der Waals surface area (Å²) in [6.07, 6.45) is 2.41. The first-order valence-corrected chi connectivity index (χ1v) is 10.2. The molecule has 29 heavy (non-hydrogen) atoms. The number of nitrogens with one attached hydrogen (secondary N) is 2. The Hall–Kier alpha value is -2.70. The number of fused-ring (bicyclic) bond motifs is 1. The number of carbonyl (C=O) groups is 1. The van der Waals surface area contributed by atoms with Crippen LogP contribution in [-0.4, -0.2) is 40.6 Å². The average Bonchev–Trinajstić information content (AvgIpc) is 3.26. The fourth-order valence-corrected chi connectivity index (χ4v) is 4.23. The Morgan fingerprint density at radius 1 is 1.10 bits per heavy atom. The lowest BCUT2D eigenvalue weighted by atomic mass is 10.0. The molecule has 2 aromatic carbocycles. The number of amides is 1. The number of benzene rings is 2. The van der Waals surface area contributed by atoms with Crippen molar-refractivity contribution in [2.24, 2.45) is 0 Å². The zero-order valence-electron chi connectivity index (χ0n) is 16.0. The maximum Gasteiger partial charge on any atom is 0.272 e. The van der Waals surface area contributed by atoms with E-state index in [0.29, 0.717) is 28.0 Å². The summed E-state index contributed by atoms with van der Waals surface area (Å²) in [5.74, 6) is -0.133. The van der Waals surface area contributed by atoms with Gasteiger partial charge in [-0.05, 0) is 43.6 Å². The Balaban J connectivity index is 1.50. The molecule has 1 aliphatic rings. The van der Waals surface area contributed by atoms with Gasteiger partial charge in [0.1, 0.15) is 0 Å². The van der Waals surface area contributed by atoms with E-state index in [1.165, 1.54) is 0 Å². The highest BCUT2D eigenvalue weighted by Crippen LogP contribution is 2.29. The average molecular weight is 411 g/mol. The topological polar surface area (TPSA) is 78.1 Å². The van der Waals surface area contributed by atoms with Crippen molar-refractivity contribution in [1.29, 1.82) is 0 Å². The minimum absolute atomic E-state index is 0.0374. The van der Waals surface area contributed by atoms with Gasteiger partial charge in [0.05, 0.1) is 23.5 Å². The Morgan fingerprint density at radius 2 is 1.79 bits per heavy atom. The summed E-state index contributed by atoms with van der Waals surface area (Å²) >= 11 is 6.44. The minimum Gasteiger partial charge on any atom is -0.354 e. The predicted octanol–water partition coefficient (Wildman–Crippen LogP) is 3.07. The number of likely N-dealkylation sites (tertiary alicyclic amines) is 1. The highest BCUT2D eigenvalue weighted by atomic mass is 35.5. The van der Waals surface area contributed by atoms with Crippen LogP contribution in [0.25, 0.3) is 10.8 Å². The highest BCUT2D eigenvalue weighted by molar-refractivity contribution is 6.31. The van der Waals surface area contributed by atoms with Gasteiger partial charge in [0, 0.05) is 17.0 Å². The molecule has 1 amide bonds. The Morgan fingerprint density at radius 3 is 2.55 bits per heavy atom. The molecular formula is C22H23ClN4O2. The summed E-state index contributed by atoms with van der Waals surface area (Å²) in [7, 11) is 0. The van der Waals surface area contributed by atoms with Gasteiger partial charge in [0.25, 0.3) is 5.56 Å². The van der Waals surface area contributed by atoms with Crippen LogP contribution in [-0.2, 0) is 11.2 Å². The van der Waals surface area contributed by atoms with Gasteiger partial charge in [-0.15, -0.1) is 0 Å². The summed E-state index contributed by atoms with van der Waals surface area (Å²) in [5.41, 5.74) is 1.34. The lowest BCUT2D eigenvalue weighted by molar-refractivity contribution is -0.120. The smallest absolute Gasteiger partial charge is 0.272 e. The highest BCUT2D eigenvalue weighted by Gasteiger charge is 2.25. The molecule has 1 atom stereocenters. The van der Waals surface area contributed by atoms with Crippen LogP contribution in [0.2, 0.25) is 5.02 Å². The van der Waals surface area contributed by atoms with Crippen molar-refractivity contribution >= 4 is 28.3 Å². The largest absolute Gasteiger partial charge is 0.354 e. The Labute approximate surface area is 173 Å². The SMILES string of the molecule is O=C(Cc1n[nH]c(=O)c2ccccc12)NC[C@H](c1ccccc1Cl)N1CCCC1. The Kier molecular flexibility index (Phi) is 5.92. The Bertz CT molecular complexity index is 1080. The summed E-state index contributed by atoms with van der Waals surface area (Å²) in [5, 5.41) is 11.6. The third-order valence-corrected chi connectivity index (χ3v) is 5.79. The van der Waals surface area contributed by atoms with Crippen molar-refractivity contribution < 1.29 is 4.79 Å². The molecule has 0 spiro atoms. The van der Waals surface area contributed by atoms with Gasteiger partial charge < -0.3 is 5.32 Å². The van der Waals surface area contributed by atoms with E-state index in [1.54, 1.807) is 12.1 Å². The lowest BCUT2D eigenvalue weighted by Crippen LogP contribution is -2.37. The van der Waals surface area contributed by atoms with Gasteiger partial charge in [-0.2, -0.15) is 5.10 Å². The number of hydrogen-bond donors (Lipinski definition) is 2. The lowest BCUT2D eigenvalue weighted by Gasteiger charge is -2.29. The zero-order valence-corrected chi connectivity index (χ0v) is 16.8. The molecule has 1 saturated heterocycles. The van der Waals surface area contributed by atoms with E-state index >= 15 is 0 Å². The van der Waals surface area contributed by atoms with Crippen molar-refractivity contribution in [2.45, 2.75) is 25.3 Å². The van der Waals surface area contributed by atoms with Crippen molar-refractivity contribution in [3.8, 4) is 0 Å². The number of nitrogens with zero attached hydrogens (tertiary/aromatic N) is 2. The van der Waals surface area contributed by atoms with Crippen LogP contribution in [0.3, 0.4) is 0 Å². The summed E-state index contributed by atoms with van der Waals surface area (Å²) in [6, 6.07) is 15.0. The first kappa shape index (κ1) is 19.6. The van der Waals surface area contributed by atoms with Crippen LogP contribution >= 0.6 is 11.6 Å². The van der Waals surface area contributed by atoms with Crippen molar-refractivity contribution in [2.75, 3.05) is 19.6 Å². The van der Waals surface area contributed by atoms with Crippen LogP contribution in [0.15, 0.2) is 53.3 Å². The normalized spacial score (nSPS) is 15.5. The quantitative estimate of drug-likeness (QED) is 0.654. The van der Waals surface area contributed by atoms with Crippen molar-refractivity contribution in [3.05, 3.63) is 75.2 Å². The molecule has 1 fully saturated rings. The number of aromatic amines is 1. The third kappa shape index (κ3) is 4.33. The molecule has 3 aromatic rings. The fourth-order valence-electron chi connectivity index (χ4n) is 3.97. The van der Waals surface area contributed by atoms with E-state index in [9.17, 15) is 9.59 Å². The van der Waals surface area contributed by atoms with Gasteiger partial charge in [-0.1, -0.05) is 48.0 Å². The van der Waals surface area contributed by atoms with Crippen LogP contribution in [0.5, 0.6) is 0 Å². The third-order valence-electron chi connectivity index (χ3n) is 5.44. The van der Waals surface area contributed by atoms with Crippen LogP contribution in [0, 0.1) is 0 Å². The first-order valence-electron chi connectivity index (χ1n) is 9.85. The van der Waals surface area contributed by atoms with Crippen molar-refractivity contribution in [3.63, 3.8) is 0 Å². The molecule has 0 unspecified atom stereocenters. The second-order valence-electron chi connectivity index (χ2n) is 7.31. The van der Waals surface area contributed by atoms with Crippen LogP contribution in [0.4, 0.5) is 0 Å². The van der Waals surface area contributed by atoms with Gasteiger partial charge in [0.15, 0.2) is 0 Å². The maximum absolute atomic E-state index is 12.7. The number of hydrogen-bond acceptors (Lipinski definition) is 4.